The number of nitrogens with one attached hydrogen (secondary N) is 2. The van der Waals surface area contributed by atoms with Crippen LogP contribution in [0.25, 0.3) is 0 Å². The van der Waals surface area contributed by atoms with E-state index < -0.39 is 18.1 Å². The zero-order chi connectivity index (χ0) is 11.5. The number of hydrogen-bond acceptors (Lipinski definition) is 4. The Balaban J connectivity index is 1.97. The molecule has 0 aromatic carbocycles. The first-order valence-corrected chi connectivity index (χ1v) is 5.00. The van der Waals surface area contributed by atoms with Crippen LogP contribution in [-0.2, 0) is 4.79 Å². The third-order valence-electron chi connectivity index (χ3n) is 2.39. The van der Waals surface area contributed by atoms with Gasteiger partial charge in [-0.3, -0.25) is 4.79 Å². The molecule has 5 nitrogen and oxygen atoms in total. The lowest BCUT2D eigenvalue weighted by Crippen LogP contribution is -2.35. The Morgan fingerprint density at radius 3 is 3.06 bits per heavy atom. The van der Waals surface area contributed by atoms with Crippen LogP contribution < -0.4 is 10.6 Å². The molecule has 0 radical (unpaired) electrons. The van der Waals surface area contributed by atoms with Crippen LogP contribution in [0.4, 0.5) is 10.2 Å². The maximum absolute atomic E-state index is 12.7. The third kappa shape index (κ3) is 2.53. The van der Waals surface area contributed by atoms with Crippen molar-refractivity contribution in [1.82, 2.24) is 10.3 Å². The summed E-state index contributed by atoms with van der Waals surface area (Å²) in [5.41, 5.74) is 0. The van der Waals surface area contributed by atoms with Crippen LogP contribution in [0.3, 0.4) is 0 Å². The summed E-state index contributed by atoms with van der Waals surface area (Å²) >= 11 is 0. The van der Waals surface area contributed by atoms with Gasteiger partial charge in [-0.2, -0.15) is 4.39 Å². The number of pyridine rings is 1. The summed E-state index contributed by atoms with van der Waals surface area (Å²) in [5, 5.41) is 14.6. The average Bonchev–Trinajstić information content (AvgIpc) is 2.65. The highest BCUT2D eigenvalue weighted by Crippen LogP contribution is 2.09. The molecule has 1 aromatic heterocycles. The summed E-state index contributed by atoms with van der Waals surface area (Å²) in [7, 11) is 0. The van der Waals surface area contributed by atoms with Crippen LogP contribution in [0.5, 0.6) is 0 Å². The first-order chi connectivity index (χ1) is 7.65. The van der Waals surface area contributed by atoms with E-state index in [1.807, 2.05) is 0 Å². The van der Waals surface area contributed by atoms with Gasteiger partial charge in [-0.15, -0.1) is 0 Å². The fraction of sp³-hybridized carbons (Fsp3) is 0.400. The molecule has 86 valence electrons. The number of halogens is 1. The Kier molecular flexibility index (Phi) is 3.12. The fourth-order valence-corrected chi connectivity index (χ4v) is 1.61. The summed E-state index contributed by atoms with van der Waals surface area (Å²) in [4.78, 5) is 15.1. The summed E-state index contributed by atoms with van der Waals surface area (Å²) in [6.07, 6.45) is -0.141. The monoisotopic (exact) mass is 225 g/mol. The van der Waals surface area contributed by atoms with Crippen molar-refractivity contribution in [2.75, 3.05) is 11.9 Å². The predicted octanol–water partition coefficient (Wildman–Crippen LogP) is -0.118. The van der Waals surface area contributed by atoms with Gasteiger partial charge in [-0.05, 0) is 18.6 Å². The maximum Gasteiger partial charge on any atom is 0.242 e. The number of anilines is 1. The molecule has 0 aliphatic carbocycles. The first kappa shape index (κ1) is 11.0. The van der Waals surface area contributed by atoms with Gasteiger partial charge in [0.1, 0.15) is 5.82 Å². The Morgan fingerprint density at radius 1 is 1.62 bits per heavy atom. The van der Waals surface area contributed by atoms with E-state index in [4.69, 9.17) is 0 Å². The van der Waals surface area contributed by atoms with E-state index in [0.717, 1.165) is 0 Å². The van der Waals surface area contributed by atoms with Gasteiger partial charge in [0.05, 0.1) is 12.1 Å². The molecule has 6 heteroatoms. The molecule has 2 heterocycles. The van der Waals surface area contributed by atoms with Crippen molar-refractivity contribution in [1.29, 1.82) is 0 Å². The summed E-state index contributed by atoms with van der Waals surface area (Å²) < 4.78 is 12.7. The van der Waals surface area contributed by atoms with E-state index >= 15 is 0 Å². The normalized spacial score (nSPS) is 24.4. The van der Waals surface area contributed by atoms with Crippen molar-refractivity contribution in [3.63, 3.8) is 0 Å². The van der Waals surface area contributed by atoms with Gasteiger partial charge in [0, 0.05) is 6.54 Å². The van der Waals surface area contributed by atoms with Crippen molar-refractivity contribution in [3.05, 3.63) is 24.1 Å². The van der Waals surface area contributed by atoms with E-state index in [0.29, 0.717) is 13.0 Å². The molecule has 2 atom stereocenters. The van der Waals surface area contributed by atoms with Crippen LogP contribution in [0.15, 0.2) is 18.2 Å². The third-order valence-corrected chi connectivity index (χ3v) is 2.39. The van der Waals surface area contributed by atoms with Gasteiger partial charge in [0.15, 0.2) is 0 Å². The number of carbonyl (C=O) groups is 1. The van der Waals surface area contributed by atoms with Crippen molar-refractivity contribution >= 4 is 11.7 Å². The molecular weight excluding hydrogens is 213 g/mol. The fourth-order valence-electron chi connectivity index (χ4n) is 1.61. The minimum Gasteiger partial charge on any atom is -0.392 e. The van der Waals surface area contributed by atoms with Gasteiger partial charge in [0.25, 0.3) is 0 Å². The SMILES string of the molecule is O=C(Nc1cccc(F)n1)C1CC(O)CN1. The number of aliphatic hydroxyl groups is 1. The number of hydrogen-bond donors (Lipinski definition) is 3. The summed E-state index contributed by atoms with van der Waals surface area (Å²) in [6, 6.07) is 3.73. The number of β-amino-alcohol motifs (C(OH)–C–C–N with tert-alkyl or cyclic N) is 1. The largest absolute Gasteiger partial charge is 0.392 e. The molecule has 1 fully saturated rings. The van der Waals surface area contributed by atoms with Gasteiger partial charge >= 0.3 is 0 Å². The van der Waals surface area contributed by atoms with E-state index in [9.17, 15) is 14.3 Å². The molecule has 0 spiro atoms. The van der Waals surface area contributed by atoms with E-state index in [1.165, 1.54) is 18.2 Å². The Hall–Kier alpha value is -1.53. The Labute approximate surface area is 91.7 Å². The van der Waals surface area contributed by atoms with E-state index in [-0.39, 0.29) is 11.7 Å². The summed E-state index contributed by atoms with van der Waals surface area (Å²) in [6.45, 7) is 0.397. The second-order valence-electron chi connectivity index (χ2n) is 3.69. The Bertz CT molecular complexity index is 399. The van der Waals surface area contributed by atoms with Gasteiger partial charge in [0.2, 0.25) is 11.9 Å². The molecular formula is C10H12FN3O2. The van der Waals surface area contributed by atoms with Gasteiger partial charge in [-0.1, -0.05) is 6.07 Å². The molecule has 1 aliphatic heterocycles. The molecule has 1 aliphatic rings. The molecule has 1 amide bonds. The average molecular weight is 225 g/mol. The van der Waals surface area contributed by atoms with Crippen LogP contribution in [-0.4, -0.2) is 34.7 Å². The van der Waals surface area contributed by atoms with Gasteiger partial charge < -0.3 is 15.7 Å². The van der Waals surface area contributed by atoms with Crippen LogP contribution >= 0.6 is 0 Å². The second kappa shape index (κ2) is 4.54. The first-order valence-electron chi connectivity index (χ1n) is 5.00. The molecule has 0 bridgehead atoms. The topological polar surface area (TPSA) is 74.2 Å². The zero-order valence-electron chi connectivity index (χ0n) is 8.48. The Morgan fingerprint density at radius 2 is 2.44 bits per heavy atom. The number of carbonyl (C=O) groups excluding carboxylic acids is 1. The zero-order valence-corrected chi connectivity index (χ0v) is 8.48. The number of amides is 1. The summed E-state index contributed by atoms with van der Waals surface area (Å²) in [5.74, 6) is -0.778. The highest BCUT2D eigenvalue weighted by molar-refractivity contribution is 5.94. The lowest BCUT2D eigenvalue weighted by atomic mass is 10.2. The maximum atomic E-state index is 12.7. The van der Waals surface area contributed by atoms with Crippen LogP contribution in [0.2, 0.25) is 0 Å². The molecule has 0 saturated carbocycles. The smallest absolute Gasteiger partial charge is 0.242 e. The molecule has 1 saturated heterocycles. The number of aliphatic hydroxyl groups excluding tert-OH is 1. The van der Waals surface area contributed by atoms with Gasteiger partial charge in [-0.25, -0.2) is 4.98 Å². The predicted molar refractivity (Wildman–Crippen MR) is 55.2 cm³/mol. The van der Waals surface area contributed by atoms with E-state index in [2.05, 4.69) is 15.6 Å². The van der Waals surface area contributed by atoms with Crippen molar-refractivity contribution in [3.8, 4) is 0 Å². The number of aromatic nitrogens is 1. The van der Waals surface area contributed by atoms with Crippen LogP contribution in [0.1, 0.15) is 6.42 Å². The van der Waals surface area contributed by atoms with Crippen molar-refractivity contribution in [2.24, 2.45) is 0 Å². The second-order valence-corrected chi connectivity index (χ2v) is 3.69. The van der Waals surface area contributed by atoms with Crippen LogP contribution in [0, 0.1) is 5.95 Å². The van der Waals surface area contributed by atoms with E-state index in [1.54, 1.807) is 0 Å². The quantitative estimate of drug-likeness (QED) is 0.613. The minimum absolute atomic E-state index is 0.174. The molecule has 2 rings (SSSR count). The lowest BCUT2D eigenvalue weighted by molar-refractivity contribution is -0.118. The number of nitrogens with zero attached hydrogens (tertiary/aromatic N) is 1. The highest BCUT2D eigenvalue weighted by atomic mass is 19.1. The standard InChI is InChI=1S/C10H12FN3O2/c11-8-2-1-3-9(13-8)14-10(16)7-4-6(15)5-12-7/h1-3,6-7,12,15H,4-5H2,(H,13,14,16). The highest BCUT2D eigenvalue weighted by Gasteiger charge is 2.28. The molecule has 3 N–H and O–H groups in total. The molecule has 16 heavy (non-hydrogen) atoms. The molecule has 2 unspecified atom stereocenters. The minimum atomic E-state index is -0.641. The number of rotatable bonds is 2. The van der Waals surface area contributed by atoms with Crippen molar-refractivity contribution < 1.29 is 14.3 Å². The molecule has 1 aromatic rings. The van der Waals surface area contributed by atoms with Crippen molar-refractivity contribution in [2.45, 2.75) is 18.6 Å². The lowest BCUT2D eigenvalue weighted by Gasteiger charge is -2.09.